The molecule has 1 nitrogen and oxygen atoms in total. The van der Waals surface area contributed by atoms with Crippen LogP contribution in [0.2, 0.25) is 0 Å². The highest BCUT2D eigenvalue weighted by Gasteiger charge is 2.23. The summed E-state index contributed by atoms with van der Waals surface area (Å²) in [5.74, 6) is -2.17. The topological polar surface area (TPSA) is 20.2 Å². The fourth-order valence-electron chi connectivity index (χ4n) is 1.45. The van der Waals surface area contributed by atoms with Crippen molar-refractivity contribution in [3.63, 3.8) is 0 Å². The molecule has 0 heterocycles. The molecule has 1 aliphatic carbocycles. The predicted molar refractivity (Wildman–Crippen MR) is 54.2 cm³/mol. The quantitative estimate of drug-likeness (QED) is 0.721. The largest absolute Gasteiger partial charge is 0.358 e. The zero-order valence-electron chi connectivity index (χ0n) is 7.65. The summed E-state index contributed by atoms with van der Waals surface area (Å²) < 4.78 is 13.0. The van der Waals surface area contributed by atoms with Crippen molar-refractivity contribution in [2.75, 3.05) is 0 Å². The Morgan fingerprint density at radius 1 is 1.21 bits per heavy atom. The molecule has 0 radical (unpaired) electrons. The van der Waals surface area contributed by atoms with E-state index in [1.807, 2.05) is 30.3 Å². The standard InChI is InChI=1S/C12H11FO/c13-12(14)8-6-11(7-9-12)10-4-2-1-3-5-10/h1-8,14H,9H2. The van der Waals surface area contributed by atoms with Crippen LogP contribution in [0, 0.1) is 0 Å². The van der Waals surface area contributed by atoms with Gasteiger partial charge in [-0.15, -0.1) is 0 Å². The zero-order chi connectivity index (χ0) is 10.0. The van der Waals surface area contributed by atoms with Crippen molar-refractivity contribution in [2.45, 2.75) is 12.3 Å². The van der Waals surface area contributed by atoms with E-state index in [2.05, 4.69) is 0 Å². The Bertz CT molecular complexity index is 377. The molecule has 0 spiro atoms. The lowest BCUT2D eigenvalue weighted by Crippen LogP contribution is -2.19. The van der Waals surface area contributed by atoms with Gasteiger partial charge in [0, 0.05) is 6.42 Å². The number of benzene rings is 1. The molecule has 1 unspecified atom stereocenters. The molecule has 0 bridgehead atoms. The van der Waals surface area contributed by atoms with Crippen molar-refractivity contribution in [1.29, 1.82) is 0 Å². The Labute approximate surface area is 82.2 Å². The van der Waals surface area contributed by atoms with Gasteiger partial charge in [-0.3, -0.25) is 0 Å². The number of rotatable bonds is 1. The summed E-state index contributed by atoms with van der Waals surface area (Å²) in [5, 5.41) is 9.04. The van der Waals surface area contributed by atoms with Gasteiger partial charge in [-0.25, -0.2) is 4.39 Å². The monoisotopic (exact) mass is 190 g/mol. The van der Waals surface area contributed by atoms with E-state index in [0.717, 1.165) is 11.1 Å². The molecule has 14 heavy (non-hydrogen) atoms. The van der Waals surface area contributed by atoms with Crippen LogP contribution in [0.4, 0.5) is 4.39 Å². The van der Waals surface area contributed by atoms with Gasteiger partial charge >= 0.3 is 0 Å². The van der Waals surface area contributed by atoms with Crippen molar-refractivity contribution in [2.24, 2.45) is 0 Å². The van der Waals surface area contributed by atoms with Crippen LogP contribution in [0.3, 0.4) is 0 Å². The highest BCUT2D eigenvalue weighted by atomic mass is 19.2. The van der Waals surface area contributed by atoms with Gasteiger partial charge in [-0.1, -0.05) is 42.5 Å². The summed E-state index contributed by atoms with van der Waals surface area (Å²) in [6.45, 7) is 0. The molecule has 1 aliphatic rings. The Hall–Kier alpha value is -1.41. The van der Waals surface area contributed by atoms with E-state index in [9.17, 15) is 4.39 Å². The normalized spacial score (nSPS) is 26.0. The highest BCUT2D eigenvalue weighted by molar-refractivity contribution is 5.75. The zero-order valence-corrected chi connectivity index (χ0v) is 7.65. The molecular formula is C12H11FO. The van der Waals surface area contributed by atoms with Gasteiger partial charge in [0.25, 0.3) is 0 Å². The molecule has 1 N–H and O–H groups in total. The molecule has 1 aromatic carbocycles. The SMILES string of the molecule is OC1(F)C=CC(c2ccccc2)=CC1. The third-order valence-corrected chi connectivity index (χ3v) is 2.23. The van der Waals surface area contributed by atoms with E-state index in [-0.39, 0.29) is 6.42 Å². The van der Waals surface area contributed by atoms with Gasteiger partial charge in [-0.2, -0.15) is 0 Å². The van der Waals surface area contributed by atoms with Crippen LogP contribution >= 0.6 is 0 Å². The van der Waals surface area contributed by atoms with Crippen LogP contribution in [0.25, 0.3) is 5.57 Å². The van der Waals surface area contributed by atoms with Crippen LogP contribution in [-0.2, 0) is 0 Å². The van der Waals surface area contributed by atoms with Gasteiger partial charge in [-0.05, 0) is 17.2 Å². The van der Waals surface area contributed by atoms with E-state index in [1.165, 1.54) is 6.08 Å². The van der Waals surface area contributed by atoms with Crippen molar-refractivity contribution in [3.8, 4) is 0 Å². The third-order valence-electron chi connectivity index (χ3n) is 2.23. The predicted octanol–water partition coefficient (Wildman–Crippen LogP) is 2.69. The van der Waals surface area contributed by atoms with Gasteiger partial charge in [0.1, 0.15) is 0 Å². The second-order valence-electron chi connectivity index (χ2n) is 3.38. The van der Waals surface area contributed by atoms with Crippen LogP contribution in [-0.4, -0.2) is 11.0 Å². The number of halogens is 1. The smallest absolute Gasteiger partial charge is 0.229 e. The molecule has 0 saturated carbocycles. The lowest BCUT2D eigenvalue weighted by Gasteiger charge is -2.17. The maximum Gasteiger partial charge on any atom is 0.229 e. The maximum absolute atomic E-state index is 13.0. The summed E-state index contributed by atoms with van der Waals surface area (Å²) in [4.78, 5) is 0. The Morgan fingerprint density at radius 2 is 1.93 bits per heavy atom. The molecule has 2 rings (SSSR count). The average molecular weight is 190 g/mol. The minimum atomic E-state index is -2.17. The Morgan fingerprint density at radius 3 is 2.50 bits per heavy atom. The van der Waals surface area contributed by atoms with Gasteiger partial charge in [0.15, 0.2) is 0 Å². The number of hydrogen-bond acceptors (Lipinski definition) is 1. The van der Waals surface area contributed by atoms with Crippen molar-refractivity contribution < 1.29 is 9.50 Å². The first-order valence-corrected chi connectivity index (χ1v) is 4.53. The van der Waals surface area contributed by atoms with Crippen LogP contribution in [0.5, 0.6) is 0 Å². The third kappa shape index (κ3) is 1.91. The molecule has 0 aliphatic heterocycles. The summed E-state index contributed by atoms with van der Waals surface area (Å²) >= 11 is 0. The number of allylic oxidation sites excluding steroid dienone is 2. The highest BCUT2D eigenvalue weighted by Crippen LogP contribution is 2.27. The summed E-state index contributed by atoms with van der Waals surface area (Å²) in [7, 11) is 0. The molecule has 1 atom stereocenters. The minimum Gasteiger partial charge on any atom is -0.358 e. The molecule has 2 heteroatoms. The molecule has 0 amide bonds. The summed E-state index contributed by atoms with van der Waals surface area (Å²) in [6, 6.07) is 9.71. The van der Waals surface area contributed by atoms with Crippen molar-refractivity contribution in [3.05, 3.63) is 54.1 Å². The fraction of sp³-hybridized carbons (Fsp3) is 0.167. The molecular weight excluding hydrogens is 179 g/mol. The van der Waals surface area contributed by atoms with Crippen LogP contribution in [0.15, 0.2) is 48.6 Å². The van der Waals surface area contributed by atoms with Gasteiger partial charge in [0.05, 0.1) is 0 Å². The first-order valence-electron chi connectivity index (χ1n) is 4.53. The summed E-state index contributed by atoms with van der Waals surface area (Å²) in [6.07, 6.45) is 4.53. The van der Waals surface area contributed by atoms with Crippen molar-refractivity contribution >= 4 is 5.57 Å². The van der Waals surface area contributed by atoms with E-state index < -0.39 is 5.85 Å². The van der Waals surface area contributed by atoms with E-state index in [4.69, 9.17) is 5.11 Å². The lowest BCUT2D eigenvalue weighted by atomic mass is 9.97. The van der Waals surface area contributed by atoms with Gasteiger partial charge in [0.2, 0.25) is 5.85 Å². The Balaban J connectivity index is 2.25. The average Bonchev–Trinajstić information content (AvgIpc) is 2.19. The lowest BCUT2D eigenvalue weighted by molar-refractivity contribution is -0.0383. The Kier molecular flexibility index (Phi) is 2.22. The number of aliphatic hydroxyl groups is 1. The van der Waals surface area contributed by atoms with Crippen molar-refractivity contribution in [1.82, 2.24) is 0 Å². The van der Waals surface area contributed by atoms with E-state index in [1.54, 1.807) is 12.2 Å². The van der Waals surface area contributed by atoms with E-state index in [0.29, 0.717) is 0 Å². The number of alkyl halides is 1. The maximum atomic E-state index is 13.0. The van der Waals surface area contributed by atoms with Crippen LogP contribution < -0.4 is 0 Å². The van der Waals surface area contributed by atoms with Gasteiger partial charge < -0.3 is 5.11 Å². The number of hydrogen-bond donors (Lipinski definition) is 1. The molecule has 0 saturated heterocycles. The molecule has 1 aromatic rings. The van der Waals surface area contributed by atoms with Crippen LogP contribution in [0.1, 0.15) is 12.0 Å². The fourth-order valence-corrected chi connectivity index (χ4v) is 1.45. The minimum absolute atomic E-state index is 0.0216. The second-order valence-corrected chi connectivity index (χ2v) is 3.38. The first-order chi connectivity index (χ1) is 6.67. The molecule has 72 valence electrons. The molecule has 0 fully saturated rings. The second kappa shape index (κ2) is 3.39. The summed E-state index contributed by atoms with van der Waals surface area (Å²) in [5.41, 5.74) is 1.99. The van der Waals surface area contributed by atoms with E-state index >= 15 is 0 Å². The first kappa shape index (κ1) is 9.16. The molecule has 0 aromatic heterocycles.